The van der Waals surface area contributed by atoms with E-state index in [-0.39, 0.29) is 4.90 Å². The summed E-state index contributed by atoms with van der Waals surface area (Å²) in [7, 11) is -3.69. The van der Waals surface area contributed by atoms with Crippen molar-refractivity contribution in [1.29, 1.82) is 0 Å². The molecule has 0 spiro atoms. The Morgan fingerprint density at radius 1 is 0.889 bits per heavy atom. The molecule has 27 heavy (non-hydrogen) atoms. The van der Waals surface area contributed by atoms with E-state index in [1.54, 1.807) is 12.1 Å². The van der Waals surface area contributed by atoms with Crippen LogP contribution in [0.1, 0.15) is 11.1 Å². The fourth-order valence-electron chi connectivity index (χ4n) is 2.86. The third-order valence-corrected chi connectivity index (χ3v) is 6.78. The van der Waals surface area contributed by atoms with E-state index in [2.05, 4.69) is 29.6 Å². The maximum Gasteiger partial charge on any atom is 0.263 e. The molecule has 1 heterocycles. The van der Waals surface area contributed by atoms with Crippen LogP contribution in [0.4, 0.5) is 5.13 Å². The topological polar surface area (TPSA) is 59.1 Å². The highest BCUT2D eigenvalue weighted by Crippen LogP contribution is 2.28. The van der Waals surface area contributed by atoms with Gasteiger partial charge in [0.2, 0.25) is 0 Å². The van der Waals surface area contributed by atoms with Gasteiger partial charge in [0.1, 0.15) is 0 Å². The van der Waals surface area contributed by atoms with Crippen LogP contribution in [-0.4, -0.2) is 13.4 Å². The zero-order valence-corrected chi connectivity index (χ0v) is 16.6. The van der Waals surface area contributed by atoms with E-state index in [1.165, 1.54) is 22.5 Å². The number of anilines is 1. The van der Waals surface area contributed by atoms with Crippen molar-refractivity contribution >= 4 is 37.3 Å². The number of aryl methyl sites for hydroxylation is 2. The Hall–Kier alpha value is -2.70. The highest BCUT2D eigenvalue weighted by atomic mass is 32.2. The average molecular weight is 395 g/mol. The first kappa shape index (κ1) is 17.7. The summed E-state index contributed by atoms with van der Waals surface area (Å²) in [5.74, 6) is 0. The molecule has 4 nitrogen and oxygen atoms in total. The van der Waals surface area contributed by atoms with Crippen LogP contribution in [0, 0.1) is 13.8 Å². The van der Waals surface area contributed by atoms with Crippen molar-refractivity contribution in [3.05, 3.63) is 77.2 Å². The number of aromatic nitrogens is 1. The molecule has 0 atom stereocenters. The van der Waals surface area contributed by atoms with Crippen molar-refractivity contribution < 1.29 is 8.42 Å². The van der Waals surface area contributed by atoms with E-state index in [4.69, 9.17) is 0 Å². The number of hydrogen-bond acceptors (Lipinski definition) is 4. The fraction of sp³-hybridized carbons (Fsp3) is 0.0952. The first-order valence-electron chi connectivity index (χ1n) is 8.47. The Bertz CT molecular complexity index is 1240. The lowest BCUT2D eigenvalue weighted by Gasteiger charge is -2.06. The van der Waals surface area contributed by atoms with Crippen molar-refractivity contribution in [3.8, 4) is 11.3 Å². The van der Waals surface area contributed by atoms with Gasteiger partial charge in [-0.25, -0.2) is 13.4 Å². The summed E-state index contributed by atoms with van der Waals surface area (Å²) in [6.45, 7) is 4.11. The minimum atomic E-state index is -3.69. The largest absolute Gasteiger partial charge is 0.263 e. The normalized spacial score (nSPS) is 11.6. The van der Waals surface area contributed by atoms with Gasteiger partial charge in [0, 0.05) is 10.9 Å². The fourth-order valence-corrected chi connectivity index (χ4v) is 4.87. The summed E-state index contributed by atoms with van der Waals surface area (Å²) in [5, 5.41) is 4.11. The van der Waals surface area contributed by atoms with Gasteiger partial charge in [-0.05, 0) is 53.9 Å². The van der Waals surface area contributed by atoms with Gasteiger partial charge in [0.15, 0.2) is 5.13 Å². The lowest BCUT2D eigenvalue weighted by atomic mass is 10.1. The van der Waals surface area contributed by atoms with E-state index in [1.807, 2.05) is 47.8 Å². The zero-order valence-electron chi connectivity index (χ0n) is 14.9. The smallest absolute Gasteiger partial charge is 0.255 e. The molecule has 0 bridgehead atoms. The Labute approximate surface area is 162 Å². The Kier molecular flexibility index (Phi) is 4.45. The summed E-state index contributed by atoms with van der Waals surface area (Å²) in [5.41, 5.74) is 4.13. The average Bonchev–Trinajstić information content (AvgIpc) is 3.11. The van der Waals surface area contributed by atoms with Gasteiger partial charge in [0.25, 0.3) is 10.0 Å². The molecule has 4 rings (SSSR count). The molecule has 0 aliphatic heterocycles. The van der Waals surface area contributed by atoms with E-state index in [0.717, 1.165) is 22.0 Å². The molecule has 0 saturated heterocycles. The van der Waals surface area contributed by atoms with Crippen molar-refractivity contribution in [3.63, 3.8) is 0 Å². The van der Waals surface area contributed by atoms with Gasteiger partial charge in [0.05, 0.1) is 10.6 Å². The van der Waals surface area contributed by atoms with Crippen LogP contribution in [0.15, 0.2) is 70.9 Å². The molecule has 4 aromatic rings. The maximum atomic E-state index is 12.7. The third-order valence-electron chi connectivity index (χ3n) is 4.56. The Balaban J connectivity index is 1.62. The molecule has 6 heteroatoms. The first-order valence-corrected chi connectivity index (χ1v) is 10.8. The van der Waals surface area contributed by atoms with Crippen molar-refractivity contribution in [2.45, 2.75) is 18.7 Å². The van der Waals surface area contributed by atoms with E-state index >= 15 is 0 Å². The van der Waals surface area contributed by atoms with E-state index in [9.17, 15) is 8.42 Å². The van der Waals surface area contributed by atoms with Crippen LogP contribution in [0.2, 0.25) is 0 Å². The van der Waals surface area contributed by atoms with Gasteiger partial charge < -0.3 is 0 Å². The van der Waals surface area contributed by atoms with Crippen molar-refractivity contribution in [2.24, 2.45) is 0 Å². The number of fused-ring (bicyclic) bond motifs is 1. The standard InChI is InChI=1S/C21H18N2O2S2/c1-14-7-8-18(11-15(14)2)20-13-26-21(22-20)23-27(24,25)19-10-9-16-5-3-4-6-17(16)12-19/h3-13H,1-2H3,(H,22,23). The third kappa shape index (κ3) is 3.59. The molecule has 0 unspecified atom stereocenters. The number of rotatable bonds is 4. The van der Waals surface area contributed by atoms with Gasteiger partial charge in [-0.15, -0.1) is 11.3 Å². The minimum Gasteiger partial charge on any atom is -0.255 e. The summed E-state index contributed by atoms with van der Waals surface area (Å²) in [4.78, 5) is 4.68. The maximum absolute atomic E-state index is 12.7. The number of hydrogen-bond donors (Lipinski definition) is 1. The molecule has 0 amide bonds. The second kappa shape index (κ2) is 6.79. The summed E-state index contributed by atoms with van der Waals surface area (Å²) in [6, 6.07) is 18.9. The molecule has 0 saturated carbocycles. The molecule has 1 N–H and O–H groups in total. The molecule has 0 radical (unpaired) electrons. The van der Waals surface area contributed by atoms with E-state index in [0.29, 0.717) is 5.13 Å². The quantitative estimate of drug-likeness (QED) is 0.505. The van der Waals surface area contributed by atoms with Crippen LogP contribution in [0.25, 0.3) is 22.0 Å². The van der Waals surface area contributed by atoms with Gasteiger partial charge in [-0.3, -0.25) is 4.72 Å². The molecule has 0 fully saturated rings. The molecule has 0 aliphatic rings. The molecule has 136 valence electrons. The number of thiazole rings is 1. The second-order valence-electron chi connectivity index (χ2n) is 6.45. The highest BCUT2D eigenvalue weighted by Gasteiger charge is 2.17. The molecule has 1 aromatic heterocycles. The number of benzene rings is 3. The number of sulfonamides is 1. The van der Waals surface area contributed by atoms with Crippen LogP contribution < -0.4 is 4.72 Å². The lowest BCUT2D eigenvalue weighted by molar-refractivity contribution is 0.601. The number of nitrogens with zero attached hydrogens (tertiary/aromatic N) is 1. The lowest BCUT2D eigenvalue weighted by Crippen LogP contribution is -2.12. The summed E-state index contributed by atoms with van der Waals surface area (Å²) in [6.07, 6.45) is 0. The number of nitrogens with one attached hydrogen (secondary N) is 1. The molecular formula is C21H18N2O2S2. The van der Waals surface area contributed by atoms with Crippen LogP contribution in [-0.2, 0) is 10.0 Å². The predicted molar refractivity (Wildman–Crippen MR) is 112 cm³/mol. The first-order chi connectivity index (χ1) is 12.9. The highest BCUT2D eigenvalue weighted by molar-refractivity contribution is 7.93. The van der Waals surface area contributed by atoms with E-state index < -0.39 is 10.0 Å². The summed E-state index contributed by atoms with van der Waals surface area (Å²) >= 11 is 1.28. The van der Waals surface area contributed by atoms with Crippen LogP contribution in [0.3, 0.4) is 0 Å². The molecule has 3 aromatic carbocycles. The molecule has 0 aliphatic carbocycles. The van der Waals surface area contributed by atoms with Crippen LogP contribution in [0.5, 0.6) is 0 Å². The SMILES string of the molecule is Cc1ccc(-c2csc(NS(=O)(=O)c3ccc4ccccc4c3)n2)cc1C. The second-order valence-corrected chi connectivity index (χ2v) is 8.99. The molecular weight excluding hydrogens is 376 g/mol. The summed E-state index contributed by atoms with van der Waals surface area (Å²) < 4.78 is 28.1. The van der Waals surface area contributed by atoms with Gasteiger partial charge in [-0.2, -0.15) is 0 Å². The van der Waals surface area contributed by atoms with Gasteiger partial charge in [-0.1, -0.05) is 42.5 Å². The predicted octanol–water partition coefficient (Wildman–Crippen LogP) is 5.38. The Morgan fingerprint density at radius 3 is 2.44 bits per heavy atom. The van der Waals surface area contributed by atoms with Crippen molar-refractivity contribution in [2.75, 3.05) is 4.72 Å². The van der Waals surface area contributed by atoms with Crippen molar-refractivity contribution in [1.82, 2.24) is 4.98 Å². The minimum absolute atomic E-state index is 0.226. The monoisotopic (exact) mass is 394 g/mol. The Morgan fingerprint density at radius 2 is 1.67 bits per heavy atom. The zero-order chi connectivity index (χ0) is 19.0. The van der Waals surface area contributed by atoms with Gasteiger partial charge >= 0.3 is 0 Å². The van der Waals surface area contributed by atoms with Crippen LogP contribution >= 0.6 is 11.3 Å².